The van der Waals surface area contributed by atoms with Crippen LogP contribution in [0.5, 0.6) is 5.75 Å². The van der Waals surface area contributed by atoms with Crippen molar-refractivity contribution < 1.29 is 14.6 Å². The highest BCUT2D eigenvalue weighted by atomic mass is 35.5. The van der Waals surface area contributed by atoms with Crippen LogP contribution in [0.3, 0.4) is 0 Å². The highest BCUT2D eigenvalue weighted by Gasteiger charge is 2.12. The third kappa shape index (κ3) is 5.36. The smallest absolute Gasteiger partial charge is 0.238 e. The molecule has 2 N–H and O–H groups in total. The number of carbonyl (C=O) groups excluding carboxylic acids is 1. The summed E-state index contributed by atoms with van der Waals surface area (Å²) < 4.78 is 5.17. The van der Waals surface area contributed by atoms with Gasteiger partial charge in [-0.05, 0) is 31.2 Å². The van der Waals surface area contributed by atoms with E-state index in [1.807, 2.05) is 11.8 Å². The Morgan fingerprint density at radius 1 is 1.45 bits per heavy atom. The Hall–Kier alpha value is -1.30. The number of carbonyl (C=O) groups is 1. The molecule has 1 rings (SSSR count). The van der Waals surface area contributed by atoms with Crippen LogP contribution in [0, 0.1) is 0 Å². The summed E-state index contributed by atoms with van der Waals surface area (Å²) in [5.74, 6) is 0.402. The first-order chi connectivity index (χ1) is 9.60. The summed E-state index contributed by atoms with van der Waals surface area (Å²) in [6.07, 6.45) is 0.924. The van der Waals surface area contributed by atoms with Crippen LogP contribution in [-0.4, -0.2) is 49.3 Å². The average Bonchev–Trinajstić information content (AvgIpc) is 2.39. The molecule has 0 aromatic heterocycles. The predicted molar refractivity (Wildman–Crippen MR) is 80.5 cm³/mol. The largest absolute Gasteiger partial charge is 0.495 e. The fraction of sp³-hybridized carbons (Fsp3) is 0.500. The lowest BCUT2D eigenvalue weighted by Crippen LogP contribution is -2.35. The minimum atomic E-state index is -0.160. The van der Waals surface area contributed by atoms with Crippen LogP contribution in [0.2, 0.25) is 5.02 Å². The summed E-state index contributed by atoms with van der Waals surface area (Å²) in [7, 11) is 1.54. The molecule has 5 nitrogen and oxygen atoms in total. The number of amides is 1. The van der Waals surface area contributed by atoms with Gasteiger partial charge in [-0.3, -0.25) is 9.69 Å². The fourth-order valence-electron chi connectivity index (χ4n) is 1.90. The molecule has 0 aliphatic rings. The van der Waals surface area contributed by atoms with E-state index in [-0.39, 0.29) is 19.1 Å². The number of rotatable bonds is 8. The first-order valence-electron chi connectivity index (χ1n) is 6.57. The van der Waals surface area contributed by atoms with E-state index < -0.39 is 0 Å². The van der Waals surface area contributed by atoms with Gasteiger partial charge in [0.25, 0.3) is 0 Å². The second-order valence-corrected chi connectivity index (χ2v) is 4.83. The van der Waals surface area contributed by atoms with Gasteiger partial charge in [0.15, 0.2) is 0 Å². The third-order valence-corrected chi connectivity index (χ3v) is 2.99. The number of nitrogens with one attached hydrogen (secondary N) is 1. The molecule has 0 bridgehead atoms. The van der Waals surface area contributed by atoms with Crippen LogP contribution < -0.4 is 10.1 Å². The molecule has 0 fully saturated rings. The fourth-order valence-corrected chi connectivity index (χ4v) is 2.07. The predicted octanol–water partition coefficient (Wildman–Crippen LogP) is 1.99. The lowest BCUT2D eigenvalue weighted by molar-refractivity contribution is -0.117. The van der Waals surface area contributed by atoms with Crippen LogP contribution in [0.1, 0.15) is 13.3 Å². The number of ether oxygens (including phenoxy) is 1. The maximum atomic E-state index is 12.0. The lowest BCUT2D eigenvalue weighted by atomic mass is 10.3. The number of nitrogens with zero attached hydrogens (tertiary/aromatic N) is 1. The number of halogens is 1. The minimum Gasteiger partial charge on any atom is -0.495 e. The zero-order chi connectivity index (χ0) is 15.0. The highest BCUT2D eigenvalue weighted by Crippen LogP contribution is 2.27. The Morgan fingerprint density at radius 3 is 2.80 bits per heavy atom. The third-order valence-electron chi connectivity index (χ3n) is 2.76. The normalized spacial score (nSPS) is 10.7. The number of benzene rings is 1. The number of hydrogen-bond donors (Lipinski definition) is 2. The van der Waals surface area contributed by atoms with Crippen molar-refractivity contribution in [3.8, 4) is 5.75 Å². The summed E-state index contributed by atoms with van der Waals surface area (Å²) in [6, 6.07) is 5.05. The molecule has 6 heteroatoms. The van der Waals surface area contributed by atoms with E-state index in [0.717, 1.165) is 13.0 Å². The molecule has 1 aromatic carbocycles. The molecule has 0 saturated heterocycles. The van der Waals surface area contributed by atoms with E-state index in [9.17, 15) is 4.79 Å². The summed E-state index contributed by atoms with van der Waals surface area (Å²) in [5.41, 5.74) is 0.547. The quantitative estimate of drug-likeness (QED) is 0.771. The topological polar surface area (TPSA) is 61.8 Å². The van der Waals surface area contributed by atoms with Crippen LogP contribution in [-0.2, 0) is 4.79 Å². The summed E-state index contributed by atoms with van der Waals surface area (Å²) in [6.45, 7) is 3.54. The molecule has 0 heterocycles. The van der Waals surface area contributed by atoms with Gasteiger partial charge in [-0.1, -0.05) is 18.5 Å². The van der Waals surface area contributed by atoms with Gasteiger partial charge in [-0.15, -0.1) is 0 Å². The Morgan fingerprint density at radius 2 is 2.20 bits per heavy atom. The molecular weight excluding hydrogens is 280 g/mol. The van der Waals surface area contributed by atoms with E-state index >= 15 is 0 Å². The zero-order valence-corrected chi connectivity index (χ0v) is 12.6. The van der Waals surface area contributed by atoms with Crippen LogP contribution in [0.4, 0.5) is 5.69 Å². The lowest BCUT2D eigenvalue weighted by Gasteiger charge is -2.20. The summed E-state index contributed by atoms with van der Waals surface area (Å²) >= 11 is 5.91. The molecule has 1 amide bonds. The summed E-state index contributed by atoms with van der Waals surface area (Å²) in [4.78, 5) is 13.9. The molecule has 0 radical (unpaired) electrons. The standard InChI is InChI=1S/C14H21ClN2O3/c1-3-6-17(7-8-18)10-14(19)16-12-9-11(15)4-5-13(12)20-2/h4-5,9,18H,3,6-8,10H2,1-2H3,(H,16,19). The Kier molecular flexibility index (Phi) is 7.36. The molecule has 0 spiro atoms. The first-order valence-corrected chi connectivity index (χ1v) is 6.95. The minimum absolute atomic E-state index is 0.0355. The van der Waals surface area contributed by atoms with Crippen LogP contribution >= 0.6 is 11.6 Å². The van der Waals surface area contributed by atoms with Crippen molar-refractivity contribution in [1.82, 2.24) is 4.90 Å². The van der Waals surface area contributed by atoms with E-state index in [1.165, 1.54) is 7.11 Å². The van der Waals surface area contributed by atoms with Crippen molar-refractivity contribution >= 4 is 23.2 Å². The van der Waals surface area contributed by atoms with Gasteiger partial charge in [0.1, 0.15) is 5.75 Å². The molecule has 20 heavy (non-hydrogen) atoms. The molecule has 112 valence electrons. The molecule has 0 aliphatic heterocycles. The van der Waals surface area contributed by atoms with Gasteiger partial charge in [-0.2, -0.15) is 0 Å². The molecule has 1 aromatic rings. The Labute approximate surface area is 124 Å². The van der Waals surface area contributed by atoms with Crippen molar-refractivity contribution in [3.05, 3.63) is 23.2 Å². The Balaban J connectivity index is 2.67. The number of anilines is 1. The van der Waals surface area contributed by atoms with Gasteiger partial charge in [0.2, 0.25) is 5.91 Å². The number of methoxy groups -OCH3 is 1. The maximum Gasteiger partial charge on any atom is 0.238 e. The second kappa shape index (κ2) is 8.79. The van der Waals surface area contributed by atoms with E-state index in [1.54, 1.807) is 18.2 Å². The SMILES string of the molecule is CCCN(CCO)CC(=O)Nc1cc(Cl)ccc1OC. The molecule has 0 atom stereocenters. The molecule has 0 unspecified atom stereocenters. The number of aliphatic hydroxyl groups excluding tert-OH is 1. The van der Waals surface area contributed by atoms with Gasteiger partial charge in [0, 0.05) is 11.6 Å². The monoisotopic (exact) mass is 300 g/mol. The first kappa shape index (κ1) is 16.8. The van der Waals surface area contributed by atoms with Gasteiger partial charge in [0.05, 0.1) is 25.9 Å². The van der Waals surface area contributed by atoms with Crippen LogP contribution in [0.15, 0.2) is 18.2 Å². The van der Waals surface area contributed by atoms with Crippen molar-refractivity contribution in [2.45, 2.75) is 13.3 Å². The average molecular weight is 301 g/mol. The highest BCUT2D eigenvalue weighted by molar-refractivity contribution is 6.31. The number of aliphatic hydroxyl groups is 1. The van der Waals surface area contributed by atoms with Crippen molar-refractivity contribution in [3.63, 3.8) is 0 Å². The van der Waals surface area contributed by atoms with Crippen molar-refractivity contribution in [1.29, 1.82) is 0 Å². The molecule has 0 saturated carbocycles. The zero-order valence-electron chi connectivity index (χ0n) is 11.9. The summed E-state index contributed by atoms with van der Waals surface area (Å²) in [5, 5.41) is 12.3. The number of hydrogen-bond acceptors (Lipinski definition) is 4. The van der Waals surface area contributed by atoms with Gasteiger partial charge < -0.3 is 15.2 Å². The van der Waals surface area contributed by atoms with Crippen molar-refractivity contribution in [2.75, 3.05) is 38.7 Å². The van der Waals surface area contributed by atoms with E-state index in [0.29, 0.717) is 23.0 Å². The second-order valence-electron chi connectivity index (χ2n) is 4.39. The van der Waals surface area contributed by atoms with E-state index in [4.69, 9.17) is 21.4 Å². The molecule has 0 aliphatic carbocycles. The van der Waals surface area contributed by atoms with Gasteiger partial charge in [-0.25, -0.2) is 0 Å². The van der Waals surface area contributed by atoms with Crippen LogP contribution in [0.25, 0.3) is 0 Å². The molecular formula is C14H21ClN2O3. The Bertz CT molecular complexity index is 434. The van der Waals surface area contributed by atoms with E-state index in [2.05, 4.69) is 5.32 Å². The van der Waals surface area contributed by atoms with Gasteiger partial charge >= 0.3 is 0 Å². The maximum absolute atomic E-state index is 12.0. The van der Waals surface area contributed by atoms with Crippen molar-refractivity contribution in [2.24, 2.45) is 0 Å².